The molecule has 0 bridgehead atoms. The number of halogens is 1. The largest absolute Gasteiger partial charge is 0.465 e. The van der Waals surface area contributed by atoms with Crippen LogP contribution in [0.15, 0.2) is 27.6 Å². The second kappa shape index (κ2) is 8.61. The maximum absolute atomic E-state index is 11.4. The van der Waals surface area contributed by atoms with Crippen LogP contribution in [-0.2, 0) is 16.1 Å². The average molecular weight is 346 g/mol. The van der Waals surface area contributed by atoms with E-state index in [0.29, 0.717) is 18.4 Å². The van der Waals surface area contributed by atoms with Gasteiger partial charge in [0, 0.05) is 22.0 Å². The molecule has 19 heavy (non-hydrogen) atoms. The van der Waals surface area contributed by atoms with Gasteiger partial charge in [0.1, 0.15) is 0 Å². The number of hydrogen-bond donors (Lipinski definition) is 1. The van der Waals surface area contributed by atoms with Gasteiger partial charge < -0.3 is 10.1 Å². The minimum Gasteiger partial charge on any atom is -0.465 e. The molecule has 0 saturated carbocycles. The van der Waals surface area contributed by atoms with Gasteiger partial charge in [0.25, 0.3) is 0 Å². The summed E-state index contributed by atoms with van der Waals surface area (Å²) in [7, 11) is 0. The molecule has 1 N–H and O–H groups in total. The van der Waals surface area contributed by atoms with E-state index >= 15 is 0 Å². The summed E-state index contributed by atoms with van der Waals surface area (Å²) >= 11 is 5.00. The zero-order valence-corrected chi connectivity index (χ0v) is 13.9. The van der Waals surface area contributed by atoms with Gasteiger partial charge in [0.05, 0.1) is 12.4 Å². The van der Waals surface area contributed by atoms with Crippen molar-refractivity contribution in [1.82, 2.24) is 5.32 Å². The Hall–Kier alpha value is -0.520. The summed E-state index contributed by atoms with van der Waals surface area (Å²) in [4.78, 5) is 12.5. The van der Waals surface area contributed by atoms with Crippen LogP contribution in [0.4, 0.5) is 0 Å². The third kappa shape index (κ3) is 6.45. The fourth-order valence-electron chi connectivity index (χ4n) is 1.48. The van der Waals surface area contributed by atoms with Gasteiger partial charge in [0.15, 0.2) is 0 Å². The normalized spacial score (nSPS) is 10.8. The number of benzene rings is 1. The third-order valence-corrected chi connectivity index (χ3v) is 3.96. The Balaban J connectivity index is 2.67. The first-order valence-electron chi connectivity index (χ1n) is 6.33. The van der Waals surface area contributed by atoms with Crippen LogP contribution in [0.2, 0.25) is 0 Å². The maximum atomic E-state index is 11.4. The molecule has 1 aromatic rings. The Morgan fingerprint density at radius 1 is 1.47 bits per heavy atom. The Morgan fingerprint density at radius 3 is 2.84 bits per heavy atom. The van der Waals surface area contributed by atoms with Gasteiger partial charge in [-0.2, -0.15) is 0 Å². The smallest absolute Gasteiger partial charge is 0.316 e. The lowest BCUT2D eigenvalue weighted by atomic mass is 10.2. The van der Waals surface area contributed by atoms with Crippen LogP contribution in [0.1, 0.15) is 26.3 Å². The van der Waals surface area contributed by atoms with E-state index in [2.05, 4.69) is 41.2 Å². The van der Waals surface area contributed by atoms with Crippen molar-refractivity contribution in [2.75, 3.05) is 12.4 Å². The number of esters is 1. The Labute approximate surface area is 127 Å². The lowest BCUT2D eigenvalue weighted by Crippen LogP contribution is -2.22. The highest BCUT2D eigenvalue weighted by atomic mass is 79.9. The Morgan fingerprint density at radius 2 is 2.21 bits per heavy atom. The molecule has 0 aliphatic heterocycles. The number of carbonyl (C=O) groups is 1. The van der Waals surface area contributed by atoms with Crippen LogP contribution in [0.25, 0.3) is 0 Å². The number of nitrogens with one attached hydrogen (secondary N) is 1. The van der Waals surface area contributed by atoms with Crippen LogP contribution < -0.4 is 5.32 Å². The van der Waals surface area contributed by atoms with Gasteiger partial charge in [0.2, 0.25) is 0 Å². The molecule has 0 amide bonds. The van der Waals surface area contributed by atoms with Crippen molar-refractivity contribution in [3.05, 3.63) is 28.2 Å². The number of ether oxygens (including phenoxy) is 1. The minimum atomic E-state index is -0.168. The SMILES string of the molecule is CCOC(=O)CSc1ccc(Br)cc1CNC(C)C. The van der Waals surface area contributed by atoms with Crippen molar-refractivity contribution in [2.45, 2.75) is 38.3 Å². The highest BCUT2D eigenvalue weighted by Crippen LogP contribution is 2.26. The molecule has 106 valence electrons. The van der Waals surface area contributed by atoms with Crippen molar-refractivity contribution in [1.29, 1.82) is 0 Å². The molecular formula is C14H20BrNO2S. The van der Waals surface area contributed by atoms with Gasteiger partial charge in [-0.3, -0.25) is 4.79 Å². The molecule has 0 atom stereocenters. The van der Waals surface area contributed by atoms with E-state index in [1.807, 2.05) is 19.1 Å². The summed E-state index contributed by atoms with van der Waals surface area (Å²) < 4.78 is 5.99. The first kappa shape index (κ1) is 16.5. The molecule has 0 unspecified atom stereocenters. The molecule has 0 aliphatic carbocycles. The molecule has 0 aliphatic rings. The van der Waals surface area contributed by atoms with Gasteiger partial charge in [-0.05, 0) is 30.7 Å². The lowest BCUT2D eigenvalue weighted by Gasteiger charge is -2.12. The maximum Gasteiger partial charge on any atom is 0.316 e. The standard InChI is InChI=1S/C14H20BrNO2S/c1-4-18-14(17)9-19-13-6-5-12(15)7-11(13)8-16-10(2)3/h5-7,10,16H,4,8-9H2,1-3H3. The molecule has 0 heterocycles. The fraction of sp³-hybridized carbons (Fsp3) is 0.500. The quantitative estimate of drug-likeness (QED) is 0.605. The summed E-state index contributed by atoms with van der Waals surface area (Å²) in [6.45, 7) is 7.27. The van der Waals surface area contributed by atoms with Gasteiger partial charge in [-0.1, -0.05) is 29.8 Å². The topological polar surface area (TPSA) is 38.3 Å². The van der Waals surface area contributed by atoms with E-state index < -0.39 is 0 Å². The van der Waals surface area contributed by atoms with Crippen LogP contribution in [0, 0.1) is 0 Å². The second-order valence-corrected chi connectivity index (χ2v) is 6.31. The van der Waals surface area contributed by atoms with Crippen molar-refractivity contribution >= 4 is 33.7 Å². The molecule has 3 nitrogen and oxygen atoms in total. The van der Waals surface area contributed by atoms with E-state index in [1.165, 1.54) is 17.3 Å². The van der Waals surface area contributed by atoms with E-state index in [1.54, 1.807) is 0 Å². The number of thioether (sulfide) groups is 1. The van der Waals surface area contributed by atoms with Gasteiger partial charge in [-0.25, -0.2) is 0 Å². The second-order valence-electron chi connectivity index (χ2n) is 4.38. The van der Waals surface area contributed by atoms with E-state index in [-0.39, 0.29) is 5.97 Å². The predicted molar refractivity (Wildman–Crippen MR) is 83.5 cm³/mol. The molecule has 1 rings (SSSR count). The highest BCUT2D eigenvalue weighted by Gasteiger charge is 2.08. The Bertz CT molecular complexity index is 424. The molecule has 1 aromatic carbocycles. The summed E-state index contributed by atoms with van der Waals surface area (Å²) in [6, 6.07) is 6.54. The van der Waals surface area contributed by atoms with E-state index in [9.17, 15) is 4.79 Å². The summed E-state index contributed by atoms with van der Waals surface area (Å²) in [5, 5.41) is 3.39. The summed E-state index contributed by atoms with van der Waals surface area (Å²) in [5.41, 5.74) is 1.19. The average Bonchev–Trinajstić information content (AvgIpc) is 2.35. The van der Waals surface area contributed by atoms with Crippen molar-refractivity contribution in [2.24, 2.45) is 0 Å². The molecular weight excluding hydrogens is 326 g/mol. The van der Waals surface area contributed by atoms with E-state index in [0.717, 1.165) is 15.9 Å². The monoisotopic (exact) mass is 345 g/mol. The molecule has 0 spiro atoms. The zero-order chi connectivity index (χ0) is 14.3. The van der Waals surface area contributed by atoms with Crippen LogP contribution in [0.5, 0.6) is 0 Å². The number of rotatable bonds is 7. The fourth-order valence-corrected chi connectivity index (χ4v) is 2.73. The molecule has 0 radical (unpaired) electrons. The highest BCUT2D eigenvalue weighted by molar-refractivity contribution is 9.10. The predicted octanol–water partition coefficient (Wildman–Crippen LogP) is 3.60. The Kier molecular flexibility index (Phi) is 7.49. The van der Waals surface area contributed by atoms with Crippen molar-refractivity contribution < 1.29 is 9.53 Å². The molecule has 0 aromatic heterocycles. The number of hydrogen-bond acceptors (Lipinski definition) is 4. The van der Waals surface area contributed by atoms with Crippen molar-refractivity contribution in [3.63, 3.8) is 0 Å². The summed E-state index contributed by atoms with van der Waals surface area (Å²) in [5.74, 6) is 0.183. The third-order valence-electron chi connectivity index (χ3n) is 2.37. The first-order valence-corrected chi connectivity index (χ1v) is 8.11. The van der Waals surface area contributed by atoms with Crippen LogP contribution in [-0.4, -0.2) is 24.4 Å². The molecule has 0 fully saturated rings. The van der Waals surface area contributed by atoms with Crippen molar-refractivity contribution in [3.8, 4) is 0 Å². The van der Waals surface area contributed by atoms with Crippen LogP contribution in [0.3, 0.4) is 0 Å². The van der Waals surface area contributed by atoms with Crippen LogP contribution >= 0.6 is 27.7 Å². The van der Waals surface area contributed by atoms with Gasteiger partial charge >= 0.3 is 5.97 Å². The molecule has 5 heteroatoms. The zero-order valence-electron chi connectivity index (χ0n) is 11.5. The minimum absolute atomic E-state index is 0.168. The first-order chi connectivity index (χ1) is 9.02. The van der Waals surface area contributed by atoms with Gasteiger partial charge in [-0.15, -0.1) is 11.8 Å². The molecule has 0 saturated heterocycles. The lowest BCUT2D eigenvalue weighted by molar-refractivity contribution is -0.139. The number of carbonyl (C=O) groups excluding carboxylic acids is 1. The van der Waals surface area contributed by atoms with E-state index in [4.69, 9.17) is 4.74 Å². The summed E-state index contributed by atoms with van der Waals surface area (Å²) in [6.07, 6.45) is 0.